The molecular formula is C15H21FO3. The summed E-state index contributed by atoms with van der Waals surface area (Å²) in [6, 6.07) is 4.42. The number of halogens is 1. The van der Waals surface area contributed by atoms with Crippen LogP contribution in [0.5, 0.6) is 0 Å². The molecule has 0 heterocycles. The number of hydrogen-bond donors (Lipinski definition) is 0. The van der Waals surface area contributed by atoms with E-state index in [0.29, 0.717) is 24.7 Å². The lowest BCUT2D eigenvalue weighted by Crippen LogP contribution is -2.07. The maximum atomic E-state index is 13.6. The zero-order valence-corrected chi connectivity index (χ0v) is 11.7. The van der Waals surface area contributed by atoms with Crippen LogP contribution in [0, 0.1) is 11.7 Å². The molecule has 1 unspecified atom stereocenters. The van der Waals surface area contributed by atoms with Crippen molar-refractivity contribution in [2.45, 2.75) is 33.3 Å². The number of ether oxygens (including phenoxy) is 2. The number of carbonyl (C=O) groups is 1. The van der Waals surface area contributed by atoms with Crippen LogP contribution in [0.25, 0.3) is 0 Å². The van der Waals surface area contributed by atoms with Gasteiger partial charge in [-0.3, -0.25) is 0 Å². The Hall–Kier alpha value is -1.42. The average molecular weight is 268 g/mol. The molecule has 0 spiro atoms. The molecule has 0 fully saturated rings. The Morgan fingerprint density at radius 2 is 2.16 bits per heavy atom. The van der Waals surface area contributed by atoms with Crippen LogP contribution in [0.15, 0.2) is 18.2 Å². The molecule has 0 aliphatic heterocycles. The molecule has 1 aromatic rings. The van der Waals surface area contributed by atoms with Crippen LogP contribution in [0.1, 0.15) is 42.6 Å². The third kappa shape index (κ3) is 4.99. The molecule has 0 saturated carbocycles. The smallest absolute Gasteiger partial charge is 0.340 e. The number of benzene rings is 1. The van der Waals surface area contributed by atoms with Crippen LogP contribution in [-0.2, 0) is 16.1 Å². The third-order valence-corrected chi connectivity index (χ3v) is 2.89. The van der Waals surface area contributed by atoms with Crippen molar-refractivity contribution in [2.75, 3.05) is 13.7 Å². The first-order valence-corrected chi connectivity index (χ1v) is 6.53. The van der Waals surface area contributed by atoms with Crippen molar-refractivity contribution in [1.82, 2.24) is 0 Å². The minimum absolute atomic E-state index is 0.0504. The van der Waals surface area contributed by atoms with Crippen LogP contribution in [0.3, 0.4) is 0 Å². The van der Waals surface area contributed by atoms with Gasteiger partial charge in [0.15, 0.2) is 0 Å². The second-order valence-electron chi connectivity index (χ2n) is 4.71. The highest BCUT2D eigenvalue weighted by molar-refractivity contribution is 5.89. The lowest BCUT2D eigenvalue weighted by Gasteiger charge is -2.11. The molecule has 1 rings (SSSR count). The first-order valence-electron chi connectivity index (χ1n) is 6.53. The van der Waals surface area contributed by atoms with Gasteiger partial charge in [0, 0.05) is 6.61 Å². The lowest BCUT2D eigenvalue weighted by molar-refractivity contribution is 0.0595. The van der Waals surface area contributed by atoms with Crippen molar-refractivity contribution in [2.24, 2.45) is 5.92 Å². The van der Waals surface area contributed by atoms with Crippen LogP contribution in [0.4, 0.5) is 4.39 Å². The zero-order chi connectivity index (χ0) is 14.3. The lowest BCUT2D eigenvalue weighted by atomic mass is 10.1. The van der Waals surface area contributed by atoms with Gasteiger partial charge in [-0.2, -0.15) is 0 Å². The topological polar surface area (TPSA) is 35.5 Å². The molecule has 0 bridgehead atoms. The highest BCUT2D eigenvalue weighted by atomic mass is 19.1. The summed E-state index contributed by atoms with van der Waals surface area (Å²) in [4.78, 5) is 11.2. The monoisotopic (exact) mass is 268 g/mol. The van der Waals surface area contributed by atoms with Gasteiger partial charge in [-0.05, 0) is 30.0 Å². The summed E-state index contributed by atoms with van der Waals surface area (Å²) in [7, 11) is 1.23. The van der Waals surface area contributed by atoms with Gasteiger partial charge in [0.25, 0.3) is 0 Å². The predicted molar refractivity (Wildman–Crippen MR) is 71.5 cm³/mol. The molecule has 19 heavy (non-hydrogen) atoms. The fourth-order valence-corrected chi connectivity index (χ4v) is 1.88. The first-order chi connectivity index (χ1) is 9.08. The van der Waals surface area contributed by atoms with Crippen molar-refractivity contribution < 1.29 is 18.7 Å². The molecule has 0 amide bonds. The average Bonchev–Trinajstić information content (AvgIpc) is 2.38. The van der Waals surface area contributed by atoms with E-state index in [2.05, 4.69) is 18.6 Å². The predicted octanol–water partition coefficient (Wildman–Crippen LogP) is 3.57. The molecular weight excluding hydrogens is 247 g/mol. The molecule has 106 valence electrons. The summed E-state index contributed by atoms with van der Waals surface area (Å²) in [6.07, 6.45) is 2.25. The van der Waals surface area contributed by atoms with E-state index >= 15 is 0 Å². The SMILES string of the molecule is CCCC(C)COCc1ccc(C(=O)OC)c(F)c1. The second-order valence-corrected chi connectivity index (χ2v) is 4.71. The van der Waals surface area contributed by atoms with Gasteiger partial charge in [0.2, 0.25) is 0 Å². The summed E-state index contributed by atoms with van der Waals surface area (Å²) >= 11 is 0. The number of esters is 1. The standard InChI is InChI=1S/C15H21FO3/c1-4-5-11(2)9-19-10-12-6-7-13(14(16)8-12)15(17)18-3/h6-8,11H,4-5,9-10H2,1-3H3. The highest BCUT2D eigenvalue weighted by Gasteiger charge is 2.12. The summed E-state index contributed by atoms with van der Waals surface area (Å²) in [5.41, 5.74) is 0.666. The number of methoxy groups -OCH3 is 1. The van der Waals surface area contributed by atoms with Gasteiger partial charge < -0.3 is 9.47 Å². The van der Waals surface area contributed by atoms with Gasteiger partial charge in [0.05, 0.1) is 19.3 Å². The Kier molecular flexibility index (Phi) is 6.50. The fourth-order valence-electron chi connectivity index (χ4n) is 1.88. The van der Waals surface area contributed by atoms with E-state index in [9.17, 15) is 9.18 Å². The molecule has 0 aromatic heterocycles. The highest BCUT2D eigenvalue weighted by Crippen LogP contribution is 2.13. The van der Waals surface area contributed by atoms with E-state index in [1.54, 1.807) is 6.07 Å². The molecule has 0 radical (unpaired) electrons. The summed E-state index contributed by atoms with van der Waals surface area (Å²) in [5.74, 6) is -0.736. The maximum Gasteiger partial charge on any atom is 0.340 e. The van der Waals surface area contributed by atoms with Crippen LogP contribution in [-0.4, -0.2) is 19.7 Å². The Bertz CT molecular complexity index is 418. The van der Waals surface area contributed by atoms with E-state index in [0.717, 1.165) is 12.8 Å². The van der Waals surface area contributed by atoms with Crippen molar-refractivity contribution in [3.8, 4) is 0 Å². The second kappa shape index (κ2) is 7.89. The molecule has 4 heteroatoms. The number of rotatable bonds is 7. The third-order valence-electron chi connectivity index (χ3n) is 2.89. The van der Waals surface area contributed by atoms with Gasteiger partial charge in [0.1, 0.15) is 5.82 Å². The van der Waals surface area contributed by atoms with Crippen molar-refractivity contribution in [1.29, 1.82) is 0 Å². The summed E-state index contributed by atoms with van der Waals surface area (Å²) < 4.78 is 23.7. The van der Waals surface area contributed by atoms with E-state index in [-0.39, 0.29) is 5.56 Å². The normalized spacial score (nSPS) is 12.2. The Balaban J connectivity index is 2.52. The Morgan fingerprint density at radius 3 is 2.74 bits per heavy atom. The van der Waals surface area contributed by atoms with E-state index in [1.807, 2.05) is 0 Å². The molecule has 1 aromatic carbocycles. The van der Waals surface area contributed by atoms with Crippen molar-refractivity contribution >= 4 is 5.97 Å². The number of carbonyl (C=O) groups excluding carboxylic acids is 1. The van der Waals surface area contributed by atoms with Crippen LogP contribution < -0.4 is 0 Å². The van der Waals surface area contributed by atoms with Gasteiger partial charge in [-0.25, -0.2) is 9.18 Å². The minimum atomic E-state index is -0.665. The van der Waals surface area contributed by atoms with E-state index in [1.165, 1.54) is 19.2 Å². The Morgan fingerprint density at radius 1 is 1.42 bits per heavy atom. The van der Waals surface area contributed by atoms with E-state index < -0.39 is 11.8 Å². The molecule has 3 nitrogen and oxygen atoms in total. The maximum absolute atomic E-state index is 13.6. The van der Waals surface area contributed by atoms with E-state index in [4.69, 9.17) is 4.74 Å². The molecule has 0 aliphatic rings. The van der Waals surface area contributed by atoms with Crippen LogP contribution >= 0.6 is 0 Å². The first kappa shape index (κ1) is 15.6. The fraction of sp³-hybridized carbons (Fsp3) is 0.533. The van der Waals surface area contributed by atoms with Crippen molar-refractivity contribution in [3.63, 3.8) is 0 Å². The van der Waals surface area contributed by atoms with Gasteiger partial charge in [-0.1, -0.05) is 26.3 Å². The van der Waals surface area contributed by atoms with Gasteiger partial charge in [-0.15, -0.1) is 0 Å². The zero-order valence-electron chi connectivity index (χ0n) is 11.7. The minimum Gasteiger partial charge on any atom is -0.465 e. The molecule has 0 aliphatic carbocycles. The quantitative estimate of drug-likeness (QED) is 0.709. The Labute approximate surface area is 113 Å². The van der Waals surface area contributed by atoms with Crippen LogP contribution in [0.2, 0.25) is 0 Å². The van der Waals surface area contributed by atoms with Crippen molar-refractivity contribution in [3.05, 3.63) is 35.1 Å². The molecule has 0 N–H and O–H groups in total. The summed E-state index contributed by atoms with van der Waals surface area (Å²) in [5, 5.41) is 0. The molecule has 1 atom stereocenters. The van der Waals surface area contributed by atoms with Gasteiger partial charge >= 0.3 is 5.97 Å². The summed E-state index contributed by atoms with van der Waals surface area (Å²) in [6.45, 7) is 5.28. The number of hydrogen-bond acceptors (Lipinski definition) is 3. The molecule has 0 saturated heterocycles. The largest absolute Gasteiger partial charge is 0.465 e.